The van der Waals surface area contributed by atoms with E-state index in [0.717, 1.165) is 24.2 Å². The molecule has 0 aliphatic heterocycles. The van der Waals surface area contributed by atoms with Crippen LogP contribution in [0.25, 0.3) is 0 Å². The minimum atomic E-state index is -0.349. The van der Waals surface area contributed by atoms with Crippen molar-refractivity contribution >= 4 is 5.97 Å². The van der Waals surface area contributed by atoms with E-state index in [2.05, 4.69) is 6.58 Å². The van der Waals surface area contributed by atoms with Crippen LogP contribution in [0.3, 0.4) is 0 Å². The third kappa shape index (κ3) is 4.32. The first-order valence-electron chi connectivity index (χ1n) is 6.12. The quantitative estimate of drug-likeness (QED) is 0.431. The summed E-state index contributed by atoms with van der Waals surface area (Å²) in [7, 11) is 3.22. The second-order valence-corrected chi connectivity index (χ2v) is 4.17. The number of esters is 1. The smallest absolute Gasteiger partial charge is 0.333 e. The van der Waals surface area contributed by atoms with Crippen LogP contribution in [0, 0.1) is 0 Å². The number of methoxy groups -OCH3 is 2. The van der Waals surface area contributed by atoms with Crippen LogP contribution in [0.1, 0.15) is 18.9 Å². The maximum Gasteiger partial charge on any atom is 0.333 e. The second-order valence-electron chi connectivity index (χ2n) is 4.17. The van der Waals surface area contributed by atoms with Crippen LogP contribution in [0.15, 0.2) is 30.4 Å². The Bertz CT molecular complexity index is 451. The predicted molar refractivity (Wildman–Crippen MR) is 73.6 cm³/mol. The third-order valence-electron chi connectivity index (χ3n) is 2.66. The summed E-state index contributed by atoms with van der Waals surface area (Å²) >= 11 is 0. The normalized spacial score (nSPS) is 9.84. The van der Waals surface area contributed by atoms with Gasteiger partial charge in [-0.25, -0.2) is 4.79 Å². The van der Waals surface area contributed by atoms with Gasteiger partial charge in [0.1, 0.15) is 0 Å². The summed E-state index contributed by atoms with van der Waals surface area (Å²) in [5.41, 5.74) is 1.45. The Balaban J connectivity index is 2.54. The molecule has 0 bridgehead atoms. The largest absolute Gasteiger partial charge is 0.493 e. The van der Waals surface area contributed by atoms with Gasteiger partial charge in [0.2, 0.25) is 0 Å². The molecule has 0 aliphatic rings. The number of aryl methyl sites for hydroxylation is 1. The maximum absolute atomic E-state index is 11.2. The molecule has 0 N–H and O–H groups in total. The van der Waals surface area contributed by atoms with Crippen LogP contribution in [0.2, 0.25) is 0 Å². The van der Waals surface area contributed by atoms with Crippen LogP contribution in [-0.4, -0.2) is 26.8 Å². The molecule has 0 saturated carbocycles. The Hall–Kier alpha value is -1.97. The van der Waals surface area contributed by atoms with Crippen molar-refractivity contribution in [3.05, 3.63) is 35.9 Å². The van der Waals surface area contributed by atoms with Crippen LogP contribution in [0.4, 0.5) is 0 Å². The van der Waals surface area contributed by atoms with Gasteiger partial charge in [-0.15, -0.1) is 0 Å². The van der Waals surface area contributed by atoms with E-state index in [0.29, 0.717) is 17.9 Å². The van der Waals surface area contributed by atoms with Gasteiger partial charge in [0.15, 0.2) is 11.5 Å². The molecule has 0 saturated heterocycles. The van der Waals surface area contributed by atoms with E-state index in [1.165, 1.54) is 0 Å². The van der Waals surface area contributed by atoms with Crippen LogP contribution >= 0.6 is 0 Å². The van der Waals surface area contributed by atoms with Crippen molar-refractivity contribution in [1.29, 1.82) is 0 Å². The lowest BCUT2D eigenvalue weighted by molar-refractivity contribution is -0.139. The predicted octanol–water partition coefficient (Wildman–Crippen LogP) is 2.76. The summed E-state index contributed by atoms with van der Waals surface area (Å²) in [6.07, 6.45) is 1.48. The fourth-order valence-corrected chi connectivity index (χ4v) is 1.70. The third-order valence-corrected chi connectivity index (χ3v) is 2.66. The van der Waals surface area contributed by atoms with E-state index in [1.807, 2.05) is 18.2 Å². The van der Waals surface area contributed by atoms with E-state index in [-0.39, 0.29) is 5.97 Å². The molecular weight excluding hydrogens is 244 g/mol. The molecule has 104 valence electrons. The Morgan fingerprint density at radius 3 is 2.58 bits per heavy atom. The summed E-state index contributed by atoms with van der Waals surface area (Å²) in [5, 5.41) is 0. The highest BCUT2D eigenvalue weighted by molar-refractivity contribution is 5.86. The van der Waals surface area contributed by atoms with Crippen molar-refractivity contribution in [2.45, 2.75) is 19.8 Å². The van der Waals surface area contributed by atoms with Crippen LogP contribution in [-0.2, 0) is 16.0 Å². The van der Waals surface area contributed by atoms with E-state index >= 15 is 0 Å². The van der Waals surface area contributed by atoms with Crippen LogP contribution in [0.5, 0.6) is 11.5 Å². The Morgan fingerprint density at radius 2 is 2.00 bits per heavy atom. The number of para-hydroxylation sites is 1. The fourth-order valence-electron chi connectivity index (χ4n) is 1.70. The second kappa shape index (κ2) is 7.46. The lowest BCUT2D eigenvalue weighted by atomic mass is 10.1. The van der Waals surface area contributed by atoms with E-state index in [9.17, 15) is 4.79 Å². The molecule has 0 radical (unpaired) electrons. The Kier molecular flexibility index (Phi) is 5.93. The minimum absolute atomic E-state index is 0.349. The summed E-state index contributed by atoms with van der Waals surface area (Å²) in [4.78, 5) is 11.2. The van der Waals surface area contributed by atoms with Crippen molar-refractivity contribution < 1.29 is 19.0 Å². The van der Waals surface area contributed by atoms with Gasteiger partial charge in [0, 0.05) is 5.57 Å². The summed E-state index contributed by atoms with van der Waals surface area (Å²) in [5.74, 6) is 1.09. The number of hydrogen-bond acceptors (Lipinski definition) is 4. The summed E-state index contributed by atoms with van der Waals surface area (Å²) in [6.45, 7) is 5.53. The molecule has 0 spiro atoms. The first kappa shape index (κ1) is 15.1. The standard InChI is InChI=1S/C15H20O4/c1-11(2)15(16)19-10-6-8-12-7-5-9-13(17-3)14(12)18-4/h5,7,9H,1,6,8,10H2,2-4H3. The van der Waals surface area contributed by atoms with Crippen molar-refractivity contribution in [2.75, 3.05) is 20.8 Å². The van der Waals surface area contributed by atoms with E-state index in [1.54, 1.807) is 21.1 Å². The molecule has 1 aromatic carbocycles. The van der Waals surface area contributed by atoms with Crippen molar-refractivity contribution in [1.82, 2.24) is 0 Å². The number of hydrogen-bond donors (Lipinski definition) is 0. The summed E-state index contributed by atoms with van der Waals surface area (Å²) < 4.78 is 15.6. The van der Waals surface area contributed by atoms with Gasteiger partial charge in [-0.1, -0.05) is 18.7 Å². The summed E-state index contributed by atoms with van der Waals surface area (Å²) in [6, 6.07) is 5.74. The van der Waals surface area contributed by atoms with Gasteiger partial charge in [-0.3, -0.25) is 0 Å². The monoisotopic (exact) mass is 264 g/mol. The lowest BCUT2D eigenvalue weighted by Crippen LogP contribution is -2.07. The number of benzene rings is 1. The first-order chi connectivity index (χ1) is 9.10. The van der Waals surface area contributed by atoms with Gasteiger partial charge in [0.05, 0.1) is 20.8 Å². The Morgan fingerprint density at radius 1 is 1.26 bits per heavy atom. The number of carbonyl (C=O) groups excluding carboxylic acids is 1. The lowest BCUT2D eigenvalue weighted by Gasteiger charge is -2.12. The molecule has 0 aromatic heterocycles. The molecular formula is C15H20O4. The number of rotatable bonds is 7. The van der Waals surface area contributed by atoms with Crippen LogP contribution < -0.4 is 9.47 Å². The SMILES string of the molecule is C=C(C)C(=O)OCCCc1cccc(OC)c1OC. The molecule has 1 aromatic rings. The molecule has 0 unspecified atom stereocenters. The average molecular weight is 264 g/mol. The molecule has 19 heavy (non-hydrogen) atoms. The van der Waals surface area contributed by atoms with Crippen molar-refractivity contribution in [3.8, 4) is 11.5 Å². The highest BCUT2D eigenvalue weighted by Gasteiger charge is 2.09. The van der Waals surface area contributed by atoms with Gasteiger partial charge >= 0.3 is 5.97 Å². The van der Waals surface area contributed by atoms with E-state index < -0.39 is 0 Å². The first-order valence-corrected chi connectivity index (χ1v) is 6.12. The molecule has 0 amide bonds. The van der Waals surface area contributed by atoms with E-state index in [4.69, 9.17) is 14.2 Å². The molecule has 4 nitrogen and oxygen atoms in total. The Labute approximate surface area is 114 Å². The zero-order valence-corrected chi connectivity index (χ0v) is 11.7. The average Bonchev–Trinajstić information content (AvgIpc) is 2.42. The topological polar surface area (TPSA) is 44.8 Å². The molecule has 0 aliphatic carbocycles. The minimum Gasteiger partial charge on any atom is -0.493 e. The van der Waals surface area contributed by atoms with Gasteiger partial charge in [-0.05, 0) is 31.4 Å². The maximum atomic E-state index is 11.2. The van der Waals surface area contributed by atoms with Crippen molar-refractivity contribution in [3.63, 3.8) is 0 Å². The van der Waals surface area contributed by atoms with Gasteiger partial charge in [-0.2, -0.15) is 0 Å². The highest BCUT2D eigenvalue weighted by atomic mass is 16.5. The molecule has 0 fully saturated rings. The zero-order chi connectivity index (χ0) is 14.3. The highest BCUT2D eigenvalue weighted by Crippen LogP contribution is 2.31. The van der Waals surface area contributed by atoms with Gasteiger partial charge < -0.3 is 14.2 Å². The number of carbonyl (C=O) groups is 1. The molecule has 4 heteroatoms. The van der Waals surface area contributed by atoms with Crippen molar-refractivity contribution in [2.24, 2.45) is 0 Å². The molecule has 0 heterocycles. The van der Waals surface area contributed by atoms with Gasteiger partial charge in [0.25, 0.3) is 0 Å². The fraction of sp³-hybridized carbons (Fsp3) is 0.400. The molecule has 1 rings (SSSR count). The number of ether oxygens (including phenoxy) is 3. The molecule has 0 atom stereocenters. The zero-order valence-electron chi connectivity index (χ0n) is 11.7.